The maximum absolute atomic E-state index is 13.5. The molecule has 0 aliphatic carbocycles. The number of fused-ring (bicyclic) bond motifs is 1. The first kappa shape index (κ1) is 19.8. The van der Waals surface area contributed by atoms with Crippen molar-refractivity contribution in [3.8, 4) is 0 Å². The first-order valence-corrected chi connectivity index (χ1v) is 11.5. The summed E-state index contributed by atoms with van der Waals surface area (Å²) in [6.45, 7) is 7.62. The molecule has 0 aromatic heterocycles. The third-order valence-corrected chi connectivity index (χ3v) is 8.43. The van der Waals surface area contributed by atoms with Crippen LogP contribution in [0.3, 0.4) is 0 Å². The van der Waals surface area contributed by atoms with Crippen LogP contribution in [0.25, 0.3) is 0 Å². The zero-order valence-electron chi connectivity index (χ0n) is 16.5. The van der Waals surface area contributed by atoms with Gasteiger partial charge in [-0.15, -0.1) is 0 Å². The van der Waals surface area contributed by atoms with Gasteiger partial charge >= 0.3 is 0 Å². The van der Waals surface area contributed by atoms with Crippen LogP contribution in [0, 0.1) is 17.2 Å². The second-order valence-electron chi connectivity index (χ2n) is 8.63. The Bertz CT molecular complexity index is 852. The number of hydrogen-bond donors (Lipinski definition) is 0. The molecule has 3 saturated heterocycles. The van der Waals surface area contributed by atoms with E-state index in [-0.39, 0.29) is 23.3 Å². The summed E-state index contributed by atoms with van der Waals surface area (Å²) in [5, 5.41) is 0. The first-order valence-electron chi connectivity index (χ1n) is 10.0. The molecule has 4 rings (SSSR count). The van der Waals surface area contributed by atoms with Gasteiger partial charge in [0.1, 0.15) is 5.82 Å². The summed E-state index contributed by atoms with van der Waals surface area (Å²) < 4.78 is 41.0. The van der Waals surface area contributed by atoms with Gasteiger partial charge in [-0.3, -0.25) is 9.69 Å². The minimum Gasteiger partial charge on any atom is -0.342 e. The highest BCUT2D eigenvalue weighted by Gasteiger charge is 2.60. The van der Waals surface area contributed by atoms with Crippen molar-refractivity contribution in [3.05, 3.63) is 30.1 Å². The molecular weight excluding hydrogens is 381 g/mol. The van der Waals surface area contributed by atoms with Crippen molar-refractivity contribution in [1.29, 1.82) is 0 Å². The summed E-state index contributed by atoms with van der Waals surface area (Å²) in [7, 11) is -3.75. The zero-order valence-corrected chi connectivity index (χ0v) is 17.3. The van der Waals surface area contributed by atoms with Crippen LogP contribution in [0.1, 0.15) is 26.7 Å². The van der Waals surface area contributed by atoms with Crippen molar-refractivity contribution in [1.82, 2.24) is 14.1 Å². The molecule has 0 saturated carbocycles. The number of benzene rings is 1. The quantitative estimate of drug-likeness (QED) is 0.761. The Balaban J connectivity index is 1.64. The molecule has 1 aromatic rings. The lowest BCUT2D eigenvalue weighted by Gasteiger charge is -2.33. The molecule has 0 bridgehead atoms. The molecule has 1 amide bonds. The van der Waals surface area contributed by atoms with Crippen molar-refractivity contribution in [3.63, 3.8) is 0 Å². The SMILES string of the molecule is CC(C)N1CC2CN(S(=O)(=O)c3ccc(F)cc3)CC2(C(=O)N2CCCC2)C1. The molecule has 0 radical (unpaired) electrons. The summed E-state index contributed by atoms with van der Waals surface area (Å²) in [4.78, 5) is 17.8. The Morgan fingerprint density at radius 1 is 1.11 bits per heavy atom. The fraction of sp³-hybridized carbons (Fsp3) is 0.650. The molecule has 2 unspecified atom stereocenters. The topological polar surface area (TPSA) is 60.9 Å². The summed E-state index contributed by atoms with van der Waals surface area (Å²) in [6.07, 6.45) is 2.02. The van der Waals surface area contributed by atoms with Gasteiger partial charge in [0, 0.05) is 51.2 Å². The van der Waals surface area contributed by atoms with Crippen LogP contribution in [0.5, 0.6) is 0 Å². The normalized spacial score (nSPS) is 29.0. The van der Waals surface area contributed by atoms with Crippen molar-refractivity contribution < 1.29 is 17.6 Å². The van der Waals surface area contributed by atoms with Crippen molar-refractivity contribution in [2.75, 3.05) is 39.3 Å². The number of likely N-dealkylation sites (tertiary alicyclic amines) is 2. The van der Waals surface area contributed by atoms with E-state index in [9.17, 15) is 17.6 Å². The van der Waals surface area contributed by atoms with Crippen LogP contribution in [-0.2, 0) is 14.8 Å². The van der Waals surface area contributed by atoms with E-state index in [4.69, 9.17) is 0 Å². The summed E-state index contributed by atoms with van der Waals surface area (Å²) in [5.41, 5.74) is -0.679. The highest BCUT2D eigenvalue weighted by Crippen LogP contribution is 2.46. The van der Waals surface area contributed by atoms with E-state index in [0.29, 0.717) is 19.1 Å². The number of sulfonamides is 1. The summed E-state index contributed by atoms with van der Waals surface area (Å²) in [5.74, 6) is -0.376. The molecule has 3 fully saturated rings. The Labute approximate surface area is 166 Å². The Hall–Kier alpha value is -1.51. The van der Waals surface area contributed by atoms with Crippen LogP contribution in [-0.4, -0.2) is 73.7 Å². The van der Waals surface area contributed by atoms with Crippen molar-refractivity contribution >= 4 is 15.9 Å². The van der Waals surface area contributed by atoms with Crippen LogP contribution in [0.2, 0.25) is 0 Å². The lowest BCUT2D eigenvalue weighted by Crippen LogP contribution is -2.49. The second kappa shape index (κ2) is 7.07. The van der Waals surface area contributed by atoms with E-state index >= 15 is 0 Å². The Morgan fingerprint density at radius 2 is 1.75 bits per heavy atom. The average molecular weight is 410 g/mol. The average Bonchev–Trinajstić information content (AvgIpc) is 3.36. The fourth-order valence-electron chi connectivity index (χ4n) is 4.93. The third kappa shape index (κ3) is 3.15. The number of rotatable bonds is 4. The molecule has 2 atom stereocenters. The maximum Gasteiger partial charge on any atom is 0.243 e. The summed E-state index contributed by atoms with van der Waals surface area (Å²) in [6, 6.07) is 5.24. The van der Waals surface area contributed by atoms with Gasteiger partial charge in [-0.2, -0.15) is 4.31 Å². The van der Waals surface area contributed by atoms with E-state index in [2.05, 4.69) is 18.7 Å². The fourth-order valence-corrected chi connectivity index (χ4v) is 6.48. The summed E-state index contributed by atoms with van der Waals surface area (Å²) >= 11 is 0. The smallest absolute Gasteiger partial charge is 0.243 e. The van der Waals surface area contributed by atoms with E-state index in [1.807, 2.05) is 4.90 Å². The number of carbonyl (C=O) groups excluding carboxylic acids is 1. The van der Waals surface area contributed by atoms with E-state index in [0.717, 1.165) is 44.6 Å². The monoisotopic (exact) mass is 409 g/mol. The molecule has 3 aliphatic rings. The van der Waals surface area contributed by atoms with Crippen LogP contribution in [0.4, 0.5) is 4.39 Å². The standard InChI is InChI=1S/C20H28FN3O3S/c1-15(2)23-11-16-12-24(28(26,27)18-7-5-17(21)6-8-18)14-20(16,13-23)19(25)22-9-3-4-10-22/h5-8,15-16H,3-4,9-14H2,1-2H3. The largest absolute Gasteiger partial charge is 0.342 e. The molecule has 28 heavy (non-hydrogen) atoms. The van der Waals surface area contributed by atoms with Gasteiger partial charge in [-0.25, -0.2) is 12.8 Å². The zero-order chi connectivity index (χ0) is 20.1. The van der Waals surface area contributed by atoms with Crippen LogP contribution < -0.4 is 0 Å². The molecular formula is C20H28FN3O3S. The number of nitrogens with zero attached hydrogens (tertiary/aromatic N) is 3. The number of carbonyl (C=O) groups is 1. The second-order valence-corrected chi connectivity index (χ2v) is 10.6. The van der Waals surface area contributed by atoms with Gasteiger partial charge in [0.25, 0.3) is 0 Å². The molecule has 0 spiro atoms. The predicted molar refractivity (Wildman–Crippen MR) is 104 cm³/mol. The minimum atomic E-state index is -3.75. The molecule has 1 aromatic carbocycles. The lowest BCUT2D eigenvalue weighted by molar-refractivity contribution is -0.141. The van der Waals surface area contributed by atoms with Crippen LogP contribution in [0.15, 0.2) is 29.2 Å². The van der Waals surface area contributed by atoms with Gasteiger partial charge in [-0.1, -0.05) is 0 Å². The van der Waals surface area contributed by atoms with Crippen molar-refractivity contribution in [2.45, 2.75) is 37.6 Å². The Morgan fingerprint density at radius 3 is 2.36 bits per heavy atom. The van der Waals surface area contributed by atoms with Crippen LogP contribution >= 0.6 is 0 Å². The number of amides is 1. The molecule has 8 heteroatoms. The molecule has 154 valence electrons. The molecule has 3 heterocycles. The van der Waals surface area contributed by atoms with Gasteiger partial charge in [0.2, 0.25) is 15.9 Å². The van der Waals surface area contributed by atoms with Gasteiger partial charge in [-0.05, 0) is 51.0 Å². The maximum atomic E-state index is 13.5. The van der Waals surface area contributed by atoms with Gasteiger partial charge in [0.15, 0.2) is 0 Å². The van der Waals surface area contributed by atoms with Gasteiger partial charge < -0.3 is 4.90 Å². The van der Waals surface area contributed by atoms with E-state index in [1.54, 1.807) is 0 Å². The highest BCUT2D eigenvalue weighted by molar-refractivity contribution is 7.89. The van der Waals surface area contributed by atoms with E-state index < -0.39 is 21.3 Å². The highest BCUT2D eigenvalue weighted by atomic mass is 32.2. The molecule has 3 aliphatic heterocycles. The van der Waals surface area contributed by atoms with Gasteiger partial charge in [0.05, 0.1) is 10.3 Å². The van der Waals surface area contributed by atoms with E-state index in [1.165, 1.54) is 16.4 Å². The molecule has 6 nitrogen and oxygen atoms in total. The minimum absolute atomic E-state index is 0.0155. The van der Waals surface area contributed by atoms with Crippen molar-refractivity contribution in [2.24, 2.45) is 11.3 Å². The number of halogens is 1. The third-order valence-electron chi connectivity index (χ3n) is 6.61. The molecule has 0 N–H and O–H groups in total. The first-order chi connectivity index (χ1) is 13.2. The Kier molecular flexibility index (Phi) is 5.00. The number of hydrogen-bond acceptors (Lipinski definition) is 4. The lowest BCUT2D eigenvalue weighted by atomic mass is 9.79. The predicted octanol–water partition coefficient (Wildman–Crippen LogP) is 1.78.